The number of carbonyl (C=O) groups is 2. The molecule has 1 aliphatic rings. The summed E-state index contributed by atoms with van der Waals surface area (Å²) < 4.78 is 10.4. The number of aliphatic hydroxyl groups excluding tert-OH is 4. The number of esters is 2. The number of carbonyl (C=O) groups excluding carboxylic acids is 2. The molecule has 1 rings (SSSR count). The average Bonchev–Trinajstić information content (AvgIpc) is 2.39. The van der Waals surface area contributed by atoms with Crippen molar-refractivity contribution in [2.24, 2.45) is 0 Å². The summed E-state index contributed by atoms with van der Waals surface area (Å²) in [6.45, 7) is 5.03. The second-order valence-electron chi connectivity index (χ2n) is 6.06. The first-order chi connectivity index (χ1) is 9.94. The van der Waals surface area contributed by atoms with E-state index >= 15 is 0 Å². The van der Waals surface area contributed by atoms with Gasteiger partial charge in [0.2, 0.25) is 0 Å². The Hall–Kier alpha value is -1.22. The minimum absolute atomic E-state index is 0.0123. The normalized spacial score (nSPS) is 42.9. The van der Waals surface area contributed by atoms with Crippen molar-refractivity contribution in [1.29, 1.82) is 0 Å². The minimum Gasteiger partial charge on any atom is -0.455 e. The van der Waals surface area contributed by atoms with Crippen molar-refractivity contribution in [2.75, 3.05) is 0 Å². The summed E-state index contributed by atoms with van der Waals surface area (Å²) in [6, 6.07) is 0. The molecule has 8 nitrogen and oxygen atoms in total. The highest BCUT2D eigenvalue weighted by molar-refractivity contribution is 5.68. The molecule has 1 aliphatic carbocycles. The van der Waals surface area contributed by atoms with Crippen LogP contribution in [-0.4, -0.2) is 68.0 Å². The van der Waals surface area contributed by atoms with Crippen LogP contribution in [0.3, 0.4) is 0 Å². The molecule has 1 saturated carbocycles. The molecule has 0 amide bonds. The lowest BCUT2D eigenvalue weighted by Crippen LogP contribution is -2.68. The maximum absolute atomic E-state index is 11.4. The summed E-state index contributed by atoms with van der Waals surface area (Å²) in [5.74, 6) is -1.42. The van der Waals surface area contributed by atoms with Crippen LogP contribution in [0.1, 0.15) is 40.5 Å². The molecule has 0 bridgehead atoms. The standard InChI is InChI=1S/C14H24O8/c1-7(15)21-13(3)6-5-9(17)10(18)11(19)12(20)14(13,4)22-8(2)16/h9-12,17-20H,5-6H2,1-4H3. The lowest BCUT2D eigenvalue weighted by Gasteiger charge is -2.50. The van der Waals surface area contributed by atoms with Gasteiger partial charge in [0.15, 0.2) is 11.2 Å². The Morgan fingerprint density at radius 3 is 1.91 bits per heavy atom. The van der Waals surface area contributed by atoms with Gasteiger partial charge in [0.25, 0.3) is 0 Å². The fraction of sp³-hybridized carbons (Fsp3) is 0.857. The van der Waals surface area contributed by atoms with E-state index in [0.29, 0.717) is 0 Å². The lowest BCUT2D eigenvalue weighted by atomic mass is 9.72. The number of hydrogen-bond acceptors (Lipinski definition) is 8. The summed E-state index contributed by atoms with van der Waals surface area (Å²) in [5.41, 5.74) is -3.29. The first-order valence-electron chi connectivity index (χ1n) is 7.06. The van der Waals surface area contributed by atoms with Crippen LogP contribution in [0.5, 0.6) is 0 Å². The van der Waals surface area contributed by atoms with E-state index in [1.54, 1.807) is 0 Å². The van der Waals surface area contributed by atoms with Gasteiger partial charge in [-0.2, -0.15) is 0 Å². The van der Waals surface area contributed by atoms with E-state index in [-0.39, 0.29) is 12.8 Å². The van der Waals surface area contributed by atoms with Crippen LogP contribution in [-0.2, 0) is 19.1 Å². The first kappa shape index (κ1) is 18.8. The van der Waals surface area contributed by atoms with Gasteiger partial charge in [-0.15, -0.1) is 0 Å². The highest BCUT2D eigenvalue weighted by Gasteiger charge is 2.59. The van der Waals surface area contributed by atoms with Gasteiger partial charge in [0.1, 0.15) is 18.3 Å². The first-order valence-corrected chi connectivity index (χ1v) is 7.06. The average molecular weight is 320 g/mol. The largest absolute Gasteiger partial charge is 0.455 e. The predicted octanol–water partition coefficient (Wildman–Crippen LogP) is -1.13. The highest BCUT2D eigenvalue weighted by Crippen LogP contribution is 2.41. The van der Waals surface area contributed by atoms with E-state index in [9.17, 15) is 30.0 Å². The van der Waals surface area contributed by atoms with Crippen LogP contribution in [0.2, 0.25) is 0 Å². The molecular formula is C14H24O8. The van der Waals surface area contributed by atoms with Crippen LogP contribution >= 0.6 is 0 Å². The molecule has 6 atom stereocenters. The Morgan fingerprint density at radius 1 is 0.955 bits per heavy atom. The SMILES string of the molecule is CC(=O)OC1(C)CCC(O)C(O)C(O)C(O)C1(C)OC(C)=O. The maximum Gasteiger partial charge on any atom is 0.303 e. The topological polar surface area (TPSA) is 134 Å². The minimum atomic E-state index is -1.80. The second kappa shape index (κ2) is 6.49. The molecule has 0 radical (unpaired) electrons. The van der Waals surface area contributed by atoms with Crippen molar-refractivity contribution >= 4 is 11.9 Å². The van der Waals surface area contributed by atoms with Gasteiger partial charge in [-0.25, -0.2) is 0 Å². The fourth-order valence-electron chi connectivity index (χ4n) is 2.83. The number of aliphatic hydroxyl groups is 4. The van der Waals surface area contributed by atoms with Gasteiger partial charge < -0.3 is 29.9 Å². The number of rotatable bonds is 2. The van der Waals surface area contributed by atoms with Gasteiger partial charge in [-0.3, -0.25) is 9.59 Å². The van der Waals surface area contributed by atoms with Crippen molar-refractivity contribution in [3.63, 3.8) is 0 Å². The third kappa shape index (κ3) is 3.40. The summed E-state index contributed by atoms with van der Waals surface area (Å²) in [6.07, 6.45) is -6.50. The van der Waals surface area contributed by atoms with Crippen molar-refractivity contribution in [2.45, 2.75) is 76.2 Å². The zero-order valence-electron chi connectivity index (χ0n) is 13.1. The van der Waals surface area contributed by atoms with Crippen LogP contribution in [0, 0.1) is 0 Å². The van der Waals surface area contributed by atoms with Gasteiger partial charge in [-0.1, -0.05) is 0 Å². The van der Waals surface area contributed by atoms with Crippen LogP contribution < -0.4 is 0 Å². The van der Waals surface area contributed by atoms with Gasteiger partial charge in [0.05, 0.1) is 6.10 Å². The molecule has 0 saturated heterocycles. The molecule has 8 heteroatoms. The van der Waals surface area contributed by atoms with E-state index in [1.807, 2.05) is 0 Å². The molecular weight excluding hydrogens is 296 g/mol. The summed E-state index contributed by atoms with van der Waals surface area (Å²) in [4.78, 5) is 22.8. The van der Waals surface area contributed by atoms with E-state index in [4.69, 9.17) is 9.47 Å². The monoisotopic (exact) mass is 320 g/mol. The molecule has 0 aromatic carbocycles. The van der Waals surface area contributed by atoms with E-state index in [0.717, 1.165) is 13.8 Å². The molecule has 0 aliphatic heterocycles. The van der Waals surface area contributed by atoms with Crippen molar-refractivity contribution in [3.8, 4) is 0 Å². The molecule has 0 heterocycles. The third-order valence-corrected chi connectivity index (χ3v) is 4.32. The summed E-state index contributed by atoms with van der Waals surface area (Å²) in [5, 5.41) is 40.1. The molecule has 6 unspecified atom stereocenters. The van der Waals surface area contributed by atoms with Gasteiger partial charge >= 0.3 is 11.9 Å². The van der Waals surface area contributed by atoms with Crippen LogP contribution in [0.4, 0.5) is 0 Å². The molecule has 0 aromatic heterocycles. The Bertz CT molecular complexity index is 439. The highest BCUT2D eigenvalue weighted by atomic mass is 16.6. The molecule has 22 heavy (non-hydrogen) atoms. The fourth-order valence-corrected chi connectivity index (χ4v) is 2.83. The van der Waals surface area contributed by atoms with E-state index in [1.165, 1.54) is 13.8 Å². The van der Waals surface area contributed by atoms with Gasteiger partial charge in [0, 0.05) is 13.8 Å². The number of ether oxygens (including phenoxy) is 2. The quantitative estimate of drug-likeness (QED) is 0.470. The Balaban J connectivity index is 3.35. The number of hydrogen-bond donors (Lipinski definition) is 4. The van der Waals surface area contributed by atoms with Crippen molar-refractivity contribution < 1.29 is 39.5 Å². The third-order valence-electron chi connectivity index (χ3n) is 4.32. The zero-order chi connectivity index (χ0) is 17.3. The molecule has 4 N–H and O–H groups in total. The second-order valence-corrected chi connectivity index (χ2v) is 6.06. The summed E-state index contributed by atoms with van der Waals surface area (Å²) in [7, 11) is 0. The van der Waals surface area contributed by atoms with Gasteiger partial charge in [-0.05, 0) is 26.7 Å². The molecule has 0 spiro atoms. The zero-order valence-corrected chi connectivity index (χ0v) is 13.1. The molecule has 1 fully saturated rings. The van der Waals surface area contributed by atoms with E-state index < -0.39 is 47.6 Å². The maximum atomic E-state index is 11.4. The Morgan fingerprint density at radius 2 is 1.45 bits per heavy atom. The van der Waals surface area contributed by atoms with Crippen LogP contribution in [0.25, 0.3) is 0 Å². The predicted molar refractivity (Wildman–Crippen MR) is 73.6 cm³/mol. The Labute approximate surface area is 128 Å². The smallest absolute Gasteiger partial charge is 0.303 e. The summed E-state index contributed by atoms with van der Waals surface area (Å²) >= 11 is 0. The van der Waals surface area contributed by atoms with Crippen LogP contribution in [0.15, 0.2) is 0 Å². The molecule has 0 aromatic rings. The Kier molecular flexibility index (Phi) is 5.56. The lowest BCUT2D eigenvalue weighted by molar-refractivity contribution is -0.258. The van der Waals surface area contributed by atoms with E-state index in [2.05, 4.69) is 0 Å². The molecule has 128 valence electrons. The van der Waals surface area contributed by atoms with Crippen molar-refractivity contribution in [3.05, 3.63) is 0 Å². The van der Waals surface area contributed by atoms with Crippen molar-refractivity contribution in [1.82, 2.24) is 0 Å².